The van der Waals surface area contributed by atoms with E-state index in [0.29, 0.717) is 17.6 Å². The minimum Gasteiger partial charge on any atom is -0.425 e. The molecule has 2 amide bonds. The van der Waals surface area contributed by atoms with E-state index in [1.165, 1.54) is 4.90 Å². The van der Waals surface area contributed by atoms with Gasteiger partial charge in [-0.05, 0) is 59.1 Å². The van der Waals surface area contributed by atoms with Crippen molar-refractivity contribution in [3.05, 3.63) is 42.0 Å². The lowest BCUT2D eigenvalue weighted by Crippen LogP contribution is -2.50. The first-order valence-electron chi connectivity index (χ1n) is 11.5. The van der Waals surface area contributed by atoms with E-state index in [2.05, 4.69) is 32.9 Å². The van der Waals surface area contributed by atoms with Crippen LogP contribution in [0.5, 0.6) is 5.75 Å². The summed E-state index contributed by atoms with van der Waals surface area (Å²) < 4.78 is 5.67. The first kappa shape index (κ1) is 20.5. The summed E-state index contributed by atoms with van der Waals surface area (Å²) >= 11 is 0. The number of hydrogen-bond acceptors (Lipinski definition) is 4. The molecule has 5 aliphatic rings. The third-order valence-corrected chi connectivity index (χ3v) is 7.79. The second-order valence-corrected chi connectivity index (χ2v) is 11.1. The number of nitrogens with zero attached hydrogens (tertiary/aromatic N) is 1. The van der Waals surface area contributed by atoms with Crippen molar-refractivity contribution in [3.8, 4) is 5.75 Å². The van der Waals surface area contributed by atoms with Crippen molar-refractivity contribution < 1.29 is 19.1 Å². The Kier molecular flexibility index (Phi) is 4.48. The summed E-state index contributed by atoms with van der Waals surface area (Å²) in [7, 11) is 0. The second kappa shape index (κ2) is 6.78. The van der Waals surface area contributed by atoms with Gasteiger partial charge in [-0.3, -0.25) is 14.5 Å². The predicted octanol–water partition coefficient (Wildman–Crippen LogP) is 3.97. The summed E-state index contributed by atoms with van der Waals surface area (Å²) in [5.74, 6) is 0.0829. The zero-order chi connectivity index (χ0) is 22.2. The standard InChI is InChI=1S/C26H31NO4/c1-13(2)22(25(30)31-15-8-6-14(7-9-15)26(3,4)5)27-23(28)20-16-10-11-17(19-12-18(16)19)21(20)24(27)29/h6-11,13,16-22H,12H2,1-5H3/t16-,17-,18-,19+,20+,21+,22-/m0/s1. The fraction of sp³-hybridized carbons (Fsp3) is 0.577. The smallest absolute Gasteiger partial charge is 0.335 e. The maximum atomic E-state index is 13.4. The molecule has 5 heteroatoms. The minimum absolute atomic E-state index is 0.00177. The number of benzene rings is 1. The summed E-state index contributed by atoms with van der Waals surface area (Å²) in [4.78, 5) is 41.3. The number of esters is 1. The van der Waals surface area contributed by atoms with E-state index in [4.69, 9.17) is 4.74 Å². The normalized spacial score (nSPS) is 34.1. The number of imide groups is 1. The van der Waals surface area contributed by atoms with E-state index < -0.39 is 12.0 Å². The Hall–Kier alpha value is -2.43. The van der Waals surface area contributed by atoms with Gasteiger partial charge in [-0.2, -0.15) is 0 Å². The number of amides is 2. The predicted molar refractivity (Wildman–Crippen MR) is 116 cm³/mol. The Morgan fingerprint density at radius 3 is 1.94 bits per heavy atom. The van der Waals surface area contributed by atoms with E-state index in [1.54, 1.807) is 12.1 Å². The number of hydrogen-bond donors (Lipinski definition) is 0. The third kappa shape index (κ3) is 3.07. The van der Waals surface area contributed by atoms with Crippen LogP contribution in [0.4, 0.5) is 0 Å². The molecule has 2 bridgehead atoms. The van der Waals surface area contributed by atoms with Crippen LogP contribution in [-0.4, -0.2) is 28.7 Å². The van der Waals surface area contributed by atoms with Gasteiger partial charge < -0.3 is 4.74 Å². The molecule has 4 aliphatic carbocycles. The van der Waals surface area contributed by atoms with Gasteiger partial charge in [0.25, 0.3) is 0 Å². The Labute approximate surface area is 183 Å². The highest BCUT2D eigenvalue weighted by Crippen LogP contribution is 2.65. The fourth-order valence-electron chi connectivity index (χ4n) is 6.13. The number of allylic oxidation sites excluding steroid dienone is 2. The molecule has 0 radical (unpaired) electrons. The van der Waals surface area contributed by atoms with Gasteiger partial charge in [-0.15, -0.1) is 0 Å². The average molecular weight is 422 g/mol. The maximum absolute atomic E-state index is 13.4. The van der Waals surface area contributed by atoms with Gasteiger partial charge >= 0.3 is 5.97 Å². The Morgan fingerprint density at radius 1 is 0.968 bits per heavy atom. The average Bonchev–Trinajstić information content (AvgIpc) is 3.48. The summed E-state index contributed by atoms with van der Waals surface area (Å²) in [6.07, 6.45) is 5.42. The SMILES string of the molecule is CC(C)[C@@H](C(=O)Oc1ccc(C(C)(C)C)cc1)N1C(=O)[C@@H]2[C@H]3C=C[C@@H]([C@@H]4C[C@H]34)[C@H]2C1=O. The van der Waals surface area contributed by atoms with Crippen LogP contribution in [-0.2, 0) is 19.8 Å². The molecule has 0 N–H and O–H groups in total. The lowest BCUT2D eigenvalue weighted by molar-refractivity contribution is -0.155. The monoisotopic (exact) mass is 421 g/mol. The van der Waals surface area contributed by atoms with Crippen LogP contribution in [0.2, 0.25) is 0 Å². The molecule has 6 rings (SSSR count). The first-order valence-corrected chi connectivity index (χ1v) is 11.5. The van der Waals surface area contributed by atoms with Crippen molar-refractivity contribution in [1.82, 2.24) is 4.90 Å². The van der Waals surface area contributed by atoms with Gasteiger partial charge in [0.2, 0.25) is 11.8 Å². The van der Waals surface area contributed by atoms with Crippen molar-refractivity contribution in [2.75, 3.05) is 0 Å². The highest BCUT2D eigenvalue weighted by atomic mass is 16.5. The third-order valence-electron chi connectivity index (χ3n) is 7.79. The van der Waals surface area contributed by atoms with E-state index in [0.717, 1.165) is 12.0 Å². The molecule has 7 atom stereocenters. The molecule has 1 heterocycles. The van der Waals surface area contributed by atoms with Gasteiger partial charge in [0.1, 0.15) is 11.8 Å². The lowest BCUT2D eigenvalue weighted by Gasteiger charge is -2.37. The number of rotatable bonds is 4. The van der Waals surface area contributed by atoms with E-state index >= 15 is 0 Å². The van der Waals surface area contributed by atoms with Crippen molar-refractivity contribution in [3.63, 3.8) is 0 Å². The number of ether oxygens (including phenoxy) is 1. The van der Waals surface area contributed by atoms with Gasteiger partial charge in [-0.1, -0.05) is 58.9 Å². The Morgan fingerprint density at radius 2 is 1.48 bits per heavy atom. The van der Waals surface area contributed by atoms with Crippen LogP contribution < -0.4 is 4.74 Å². The number of carbonyl (C=O) groups is 3. The van der Waals surface area contributed by atoms with E-state index in [9.17, 15) is 14.4 Å². The maximum Gasteiger partial charge on any atom is 0.335 e. The summed E-state index contributed by atoms with van der Waals surface area (Å²) in [6, 6.07) is 6.55. The van der Waals surface area contributed by atoms with Crippen LogP contribution in [0, 0.1) is 41.4 Å². The molecule has 1 aromatic rings. The molecule has 1 aromatic carbocycles. The van der Waals surface area contributed by atoms with Crippen LogP contribution in [0.25, 0.3) is 0 Å². The largest absolute Gasteiger partial charge is 0.425 e. The molecule has 3 fully saturated rings. The molecule has 1 saturated heterocycles. The van der Waals surface area contributed by atoms with Gasteiger partial charge in [-0.25, -0.2) is 4.79 Å². The molecule has 0 unspecified atom stereocenters. The van der Waals surface area contributed by atoms with Gasteiger partial charge in [0, 0.05) is 0 Å². The molecule has 2 saturated carbocycles. The Bertz CT molecular complexity index is 934. The van der Waals surface area contributed by atoms with E-state index in [1.807, 2.05) is 26.0 Å². The zero-order valence-electron chi connectivity index (χ0n) is 18.9. The van der Waals surface area contributed by atoms with Crippen molar-refractivity contribution >= 4 is 17.8 Å². The lowest BCUT2D eigenvalue weighted by atomic mass is 9.63. The zero-order valence-corrected chi connectivity index (χ0v) is 18.9. The number of carbonyl (C=O) groups excluding carboxylic acids is 3. The summed E-state index contributed by atoms with van der Waals surface area (Å²) in [5, 5.41) is 0. The molecular weight excluding hydrogens is 390 g/mol. The van der Waals surface area contributed by atoms with Gasteiger partial charge in [0.05, 0.1) is 11.8 Å². The molecule has 1 aliphatic heterocycles. The highest BCUT2D eigenvalue weighted by Gasteiger charge is 2.68. The quantitative estimate of drug-likeness (QED) is 0.319. The topological polar surface area (TPSA) is 63.7 Å². The summed E-state index contributed by atoms with van der Waals surface area (Å²) in [5.41, 5.74) is 1.14. The molecule has 0 spiro atoms. The van der Waals surface area contributed by atoms with Crippen molar-refractivity contribution in [2.24, 2.45) is 41.4 Å². The Balaban J connectivity index is 1.38. The molecule has 5 nitrogen and oxygen atoms in total. The number of likely N-dealkylation sites (tertiary alicyclic amines) is 1. The minimum atomic E-state index is -0.899. The first-order chi connectivity index (χ1) is 14.6. The van der Waals surface area contributed by atoms with Crippen LogP contribution in [0.15, 0.2) is 36.4 Å². The highest BCUT2D eigenvalue weighted by molar-refractivity contribution is 6.09. The van der Waals surface area contributed by atoms with Crippen LogP contribution in [0.3, 0.4) is 0 Å². The van der Waals surface area contributed by atoms with Crippen molar-refractivity contribution in [1.29, 1.82) is 0 Å². The summed E-state index contributed by atoms with van der Waals surface area (Å²) in [6.45, 7) is 10.1. The molecule has 164 valence electrons. The molecule has 31 heavy (non-hydrogen) atoms. The van der Waals surface area contributed by atoms with Crippen LogP contribution in [0.1, 0.15) is 46.6 Å². The van der Waals surface area contributed by atoms with Crippen molar-refractivity contribution in [2.45, 2.75) is 52.5 Å². The molecular formula is C26H31NO4. The van der Waals surface area contributed by atoms with E-state index in [-0.39, 0.29) is 46.8 Å². The van der Waals surface area contributed by atoms with Crippen LogP contribution >= 0.6 is 0 Å². The van der Waals surface area contributed by atoms with Gasteiger partial charge in [0.15, 0.2) is 0 Å². The fourth-order valence-corrected chi connectivity index (χ4v) is 6.13. The molecule has 0 aromatic heterocycles. The second-order valence-electron chi connectivity index (χ2n) is 11.1.